The Hall–Kier alpha value is -4.04. The number of amides is 2. The SMILES string of the molecule is CC(C)(C)OC(=O)N(C(=O)OC(C)(C)C)C1=N[C@@]2(c3cc(Br)ccc3F)CO[C@@H](C(F)(F)F)C[C@H]2CS1.FC(F)(F)[C@H]1C[C@H]2CON=C2CO1.Fc1ccc(Br)cc1[C@]12CO[C@@H](C(F)(F)F)C[C@H]1CON2.N[C@@]1(c2cc(Br)ccc2F)CO[C@@H](C(F)(F)F)C[C@H]1CO. The molecule has 3 aromatic rings. The number of hydrogen-bond acceptors (Lipinski definition) is 16. The van der Waals surface area contributed by atoms with Crippen molar-refractivity contribution in [3.8, 4) is 0 Å². The van der Waals surface area contributed by atoms with E-state index in [2.05, 4.69) is 68.2 Å². The molecule has 3 aromatic carbocycles. The smallest absolute Gasteiger partial charge is 0.426 e. The van der Waals surface area contributed by atoms with Gasteiger partial charge >= 0.3 is 36.9 Å². The molecule has 7 heterocycles. The first-order valence-electron chi connectivity index (χ1n) is 28.0. The van der Waals surface area contributed by atoms with Crippen LogP contribution in [0.4, 0.5) is 75.4 Å². The van der Waals surface area contributed by atoms with Crippen LogP contribution in [0, 0.1) is 41.1 Å². The molecule has 5 saturated heterocycles. The largest absolute Gasteiger partial charge is 0.443 e. The lowest BCUT2D eigenvalue weighted by Crippen LogP contribution is -2.57. The Balaban J connectivity index is 0.000000186. The third-order valence-electron chi connectivity index (χ3n) is 15.5. The van der Waals surface area contributed by atoms with Gasteiger partial charge in [0.2, 0.25) is 0 Å². The van der Waals surface area contributed by atoms with E-state index in [9.17, 15) is 76.2 Å². The summed E-state index contributed by atoms with van der Waals surface area (Å²) in [6.07, 6.45) is -28.9. The summed E-state index contributed by atoms with van der Waals surface area (Å²) in [5.41, 5.74) is 3.42. The Morgan fingerprint density at radius 2 is 1.10 bits per heavy atom. The van der Waals surface area contributed by atoms with E-state index in [1.54, 1.807) is 47.6 Å². The predicted octanol–water partition coefficient (Wildman–Crippen LogP) is 14.4. The fourth-order valence-corrected chi connectivity index (χ4v) is 13.2. The average Bonchev–Trinajstić information content (AvgIpc) is 0.984. The van der Waals surface area contributed by atoms with Gasteiger partial charge in [-0.15, -0.1) is 0 Å². The molecule has 2 amide bonds. The summed E-state index contributed by atoms with van der Waals surface area (Å²) >= 11 is 10.6. The summed E-state index contributed by atoms with van der Waals surface area (Å²) in [5.74, 6) is -4.35. The monoisotopic (exact) mass is 1550 g/mol. The van der Waals surface area contributed by atoms with E-state index in [1.807, 2.05) is 0 Å². The number of benzene rings is 3. The standard InChI is InChI=1S/C24H29BrF4N2O5S.C13H12BrF4NO2.C13H14BrF4NO2.C7H8F3NO2/c1-21(2,3)35-19(32)31(20(33)36-22(4,5)6)18-30-23(15-10-14(25)7-8-16(15)26)12-34-17(24(27,28)29)9-13(23)11-37-18;14-8-1-2-10(15)9(4-8)12-6-20-11(13(16,17)18)3-7(12)5-21-19-12;14-8-1-2-10(15)9(4-8)12(19)6-21-11(13(16,17)18)3-7(12)5-20;8-7(9,10)6-1-4-2-13-11-5(4)3-12-6/h7-8,10,13,17H,9,11-12H2,1-6H3;1-2,4,7,11,19H,3,5-6H2;1-2,4,7,11,20H,3,5-6,19H2;4,6H,1-3H2/t13-,17+,23-;2*7-,11+,12-;4-,6+/m0000/s1. The molecule has 92 heavy (non-hydrogen) atoms. The number of carbonyl (C=O) groups excluding carboxylic acids is 2. The zero-order valence-electron chi connectivity index (χ0n) is 49.5. The fraction of sp³-hybridized carbons (Fsp3) is 0.614. The molecule has 0 bridgehead atoms. The summed E-state index contributed by atoms with van der Waals surface area (Å²) in [6.45, 7) is 7.90. The molecule has 0 aromatic heterocycles. The number of fused-ring (bicyclic) bond motifs is 3. The van der Waals surface area contributed by atoms with Crippen LogP contribution in [0.25, 0.3) is 0 Å². The van der Waals surface area contributed by atoms with Crippen LogP contribution in [0.3, 0.4) is 0 Å². The number of hydrogen-bond donors (Lipinski definition) is 3. The van der Waals surface area contributed by atoms with Gasteiger partial charge < -0.3 is 48.9 Å². The topological polar surface area (TPSA) is 194 Å². The summed E-state index contributed by atoms with van der Waals surface area (Å²) in [4.78, 5) is 41.3. The molecule has 4 N–H and O–H groups in total. The number of rotatable bonds is 4. The van der Waals surface area contributed by atoms with Crippen LogP contribution in [0.5, 0.6) is 0 Å². The highest BCUT2D eigenvalue weighted by Gasteiger charge is 2.59. The fourth-order valence-electron chi connectivity index (χ4n) is 10.8. The van der Waals surface area contributed by atoms with E-state index in [-0.39, 0.29) is 72.8 Å². The molecule has 0 radical (unpaired) electrons. The molecule has 0 saturated carbocycles. The van der Waals surface area contributed by atoms with Gasteiger partial charge in [-0.3, -0.25) is 0 Å². The molecule has 5 fully saturated rings. The van der Waals surface area contributed by atoms with Crippen molar-refractivity contribution < 1.29 is 119 Å². The molecule has 0 aliphatic carbocycles. The second-order valence-electron chi connectivity index (χ2n) is 24.4. The maximum atomic E-state index is 15.2. The maximum absolute atomic E-state index is 15.2. The van der Waals surface area contributed by atoms with Crippen LogP contribution in [0.2, 0.25) is 0 Å². The molecule has 11 atom stereocenters. The van der Waals surface area contributed by atoms with Gasteiger partial charge in [0.05, 0.1) is 49.8 Å². The van der Waals surface area contributed by atoms with Gasteiger partial charge in [0.1, 0.15) is 40.8 Å². The number of aliphatic imine (C=N–C) groups is 1. The van der Waals surface area contributed by atoms with E-state index < -0.39 is 157 Å². The molecular formula is C57H63Br3F15N5O11S. The number of carbonyl (C=O) groups is 2. The molecule has 10 rings (SSSR count). The summed E-state index contributed by atoms with van der Waals surface area (Å²) in [7, 11) is 0. The predicted molar refractivity (Wildman–Crippen MR) is 311 cm³/mol. The van der Waals surface area contributed by atoms with E-state index in [0.717, 1.165) is 23.9 Å². The van der Waals surface area contributed by atoms with Crippen molar-refractivity contribution in [1.29, 1.82) is 0 Å². The van der Waals surface area contributed by atoms with E-state index in [0.29, 0.717) is 24.0 Å². The number of imide groups is 1. The number of nitrogens with zero attached hydrogens (tertiary/aromatic N) is 3. The van der Waals surface area contributed by atoms with Crippen molar-refractivity contribution in [3.05, 3.63) is 102 Å². The number of oxime groups is 1. The van der Waals surface area contributed by atoms with Gasteiger partial charge in [-0.25, -0.2) is 27.8 Å². The lowest BCUT2D eigenvalue weighted by Gasteiger charge is -2.47. The van der Waals surface area contributed by atoms with Crippen LogP contribution in [-0.2, 0) is 54.7 Å². The van der Waals surface area contributed by atoms with Crippen molar-refractivity contribution in [3.63, 3.8) is 0 Å². The highest BCUT2D eigenvalue weighted by atomic mass is 79.9. The first-order chi connectivity index (χ1) is 42.4. The summed E-state index contributed by atoms with van der Waals surface area (Å²) in [6, 6.07) is 12.4. The van der Waals surface area contributed by atoms with Gasteiger partial charge in [0.15, 0.2) is 29.6 Å². The summed E-state index contributed by atoms with van der Waals surface area (Å²) in [5, 5.41) is 12.8. The van der Waals surface area contributed by atoms with Crippen LogP contribution in [-0.4, -0.2) is 145 Å². The van der Waals surface area contributed by atoms with Crippen molar-refractivity contribution in [1.82, 2.24) is 10.4 Å². The lowest BCUT2D eigenvalue weighted by molar-refractivity contribution is -0.248. The minimum absolute atomic E-state index is 0.00280. The van der Waals surface area contributed by atoms with E-state index in [1.165, 1.54) is 36.4 Å². The third kappa shape index (κ3) is 18.1. The zero-order chi connectivity index (χ0) is 68.5. The summed E-state index contributed by atoms with van der Waals surface area (Å²) < 4.78 is 229. The maximum Gasteiger partial charge on any atom is 0.426 e. The molecule has 514 valence electrons. The molecule has 16 nitrogen and oxygen atoms in total. The van der Waals surface area contributed by atoms with Crippen LogP contribution in [0.1, 0.15) is 83.9 Å². The molecule has 0 spiro atoms. The Bertz CT molecular complexity index is 3130. The number of nitrogens with two attached hydrogens (primary N) is 1. The lowest BCUT2D eigenvalue weighted by atomic mass is 9.75. The van der Waals surface area contributed by atoms with Crippen LogP contribution >= 0.6 is 59.6 Å². The third-order valence-corrected chi connectivity index (χ3v) is 18.1. The number of aliphatic hydroxyl groups is 1. The molecule has 35 heteroatoms. The van der Waals surface area contributed by atoms with Crippen molar-refractivity contribution >= 4 is 82.6 Å². The molecular weight excluding hydrogens is 1490 g/mol. The quantitative estimate of drug-likeness (QED) is 0.209. The Morgan fingerprint density at radius 3 is 1.62 bits per heavy atom. The Morgan fingerprint density at radius 1 is 0.641 bits per heavy atom. The molecule has 7 aliphatic rings. The van der Waals surface area contributed by atoms with Gasteiger partial charge in [-0.05, 0) is 122 Å². The number of nitrogens with one attached hydrogen (secondary N) is 1. The second kappa shape index (κ2) is 29.0. The van der Waals surface area contributed by atoms with E-state index >= 15 is 4.39 Å². The minimum Gasteiger partial charge on any atom is -0.443 e. The Labute approximate surface area is 546 Å². The van der Waals surface area contributed by atoms with Crippen LogP contribution in [0.15, 0.2) is 78.2 Å². The van der Waals surface area contributed by atoms with Crippen molar-refractivity contribution in [2.45, 2.75) is 144 Å². The van der Waals surface area contributed by atoms with Crippen LogP contribution < -0.4 is 11.2 Å². The van der Waals surface area contributed by atoms with Gasteiger partial charge in [0, 0.05) is 66.1 Å². The normalized spacial score (nSPS) is 29.1. The number of aliphatic hydroxyl groups excluding tert-OH is 1. The number of halogens is 18. The minimum atomic E-state index is -4.62. The van der Waals surface area contributed by atoms with Gasteiger partial charge in [-0.2, -0.15) is 63.1 Å². The number of hydroxylamine groups is 1. The Kier molecular flexibility index (Phi) is 23.7. The van der Waals surface area contributed by atoms with Crippen molar-refractivity contribution in [2.24, 2.45) is 39.6 Å². The second-order valence-corrected chi connectivity index (χ2v) is 28.1. The first kappa shape index (κ1) is 75.3. The first-order valence-corrected chi connectivity index (χ1v) is 31.3. The molecule has 7 aliphatic heterocycles. The number of amidine groups is 1. The van der Waals surface area contributed by atoms with E-state index in [4.69, 9.17) is 39.1 Å². The highest BCUT2D eigenvalue weighted by molar-refractivity contribution is 9.11. The average molecular weight is 1550 g/mol. The number of ether oxygens (including phenoxy) is 6. The van der Waals surface area contributed by atoms with Gasteiger partial charge in [-0.1, -0.05) is 64.7 Å². The van der Waals surface area contributed by atoms with Gasteiger partial charge in [0.25, 0.3) is 0 Å². The number of thioether (sulfide) groups is 1. The molecule has 0 unspecified atom stereocenters. The zero-order valence-corrected chi connectivity index (χ0v) is 55.0. The highest BCUT2D eigenvalue weighted by Crippen LogP contribution is 2.51. The number of alkyl halides is 12. The van der Waals surface area contributed by atoms with Crippen molar-refractivity contribution in [2.75, 3.05) is 52.0 Å².